The van der Waals surface area contributed by atoms with Gasteiger partial charge in [-0.05, 0) is 162 Å². The molecular weight excluding hydrogens is 1250 g/mol. The fourth-order valence-corrected chi connectivity index (χ4v) is 12.3. The molecule has 21 rings (SSSR count). The summed E-state index contributed by atoms with van der Waals surface area (Å²) in [6, 6.07) is -45.4. The second kappa shape index (κ2) is 23.8. The summed E-state index contributed by atoms with van der Waals surface area (Å²) in [6.07, 6.45) is 0. The Bertz CT molecular complexity index is 10300. The molecule has 0 aliphatic carbocycles. The average Bonchev–Trinajstić information content (AvgIpc) is 1.51. The summed E-state index contributed by atoms with van der Waals surface area (Å²) in [5.74, 6) is -1.61. The van der Waals surface area contributed by atoms with E-state index in [2.05, 4.69) is 15.0 Å². The predicted molar refractivity (Wildman–Crippen MR) is 430 cm³/mol. The largest absolute Gasteiger partial charge is 0.309 e. The number of para-hydroxylation sites is 6. The van der Waals surface area contributed by atoms with Crippen LogP contribution in [0.5, 0.6) is 0 Å². The van der Waals surface area contributed by atoms with Gasteiger partial charge in [0.15, 0.2) is 0 Å². The molecule has 8 nitrogen and oxygen atoms in total. The van der Waals surface area contributed by atoms with E-state index in [1.807, 2.05) is 0 Å². The van der Waals surface area contributed by atoms with E-state index in [1.165, 1.54) is 20.8 Å². The molecule has 6 aromatic heterocycles. The molecule has 0 spiro atoms. The lowest BCUT2D eigenvalue weighted by Gasteiger charge is -2.15. The van der Waals surface area contributed by atoms with E-state index in [0.717, 1.165) is 18.3 Å². The molecule has 484 valence electrons. The van der Waals surface area contributed by atoms with Crippen molar-refractivity contribution in [1.29, 1.82) is 0 Å². The first-order valence-corrected chi connectivity index (χ1v) is 30.7. The Morgan fingerprint density at radius 1 is 0.233 bits per heavy atom. The number of nitrogens with zero attached hydrogens (tertiary/aromatic N) is 8. The lowest BCUT2D eigenvalue weighted by molar-refractivity contribution is 1.01. The van der Waals surface area contributed by atoms with Crippen LogP contribution in [-0.4, -0.2) is 38.2 Å². The Balaban J connectivity index is 0.000000189. The summed E-state index contributed by atoms with van der Waals surface area (Å²) in [7, 11) is 0. The lowest BCUT2D eigenvalue weighted by Crippen LogP contribution is -2.04. The third-order valence-corrected chi connectivity index (χ3v) is 16.7. The molecule has 0 saturated carbocycles. The predicted octanol–water partition coefficient (Wildman–Crippen LogP) is 24.4. The Labute approximate surface area is 670 Å². The van der Waals surface area contributed by atoms with E-state index in [9.17, 15) is 24.7 Å². The first-order chi connectivity index (χ1) is 73.8. The second-order valence-corrected chi connectivity index (χ2v) is 22.8. The maximum atomic E-state index is 10.0. The summed E-state index contributed by atoms with van der Waals surface area (Å²) < 4.78 is 498. The number of rotatable bonds is 8. The van der Waals surface area contributed by atoms with Gasteiger partial charge < -0.3 is 9.13 Å². The fraction of sp³-hybridized carbons (Fsp3) is 0.0316. The third-order valence-electron chi connectivity index (χ3n) is 16.7. The molecule has 8 heteroatoms. The molecule has 0 radical (unpaired) electrons. The molecule has 15 aromatic carbocycles. The minimum atomic E-state index is -1.00. The molecule has 0 aliphatic rings. The monoisotopic (exact) mass is 1370 g/mol. The van der Waals surface area contributed by atoms with Crippen molar-refractivity contribution in [2.45, 2.75) is 20.8 Å². The zero-order chi connectivity index (χ0) is 116. The van der Waals surface area contributed by atoms with Gasteiger partial charge in [-0.15, -0.1) is 0 Å². The van der Waals surface area contributed by atoms with Crippen molar-refractivity contribution in [3.8, 4) is 68.0 Å². The van der Waals surface area contributed by atoms with Crippen molar-refractivity contribution in [3.63, 3.8) is 0 Å². The molecule has 0 N–H and O–H groups in total. The molecule has 0 bridgehead atoms. The van der Waals surface area contributed by atoms with E-state index in [0.29, 0.717) is 0 Å². The molecule has 0 unspecified atom stereocenters. The second-order valence-electron chi connectivity index (χ2n) is 22.8. The van der Waals surface area contributed by atoms with Crippen molar-refractivity contribution in [1.82, 2.24) is 38.2 Å². The highest BCUT2D eigenvalue weighted by molar-refractivity contribution is 6.15. The van der Waals surface area contributed by atoms with Crippen molar-refractivity contribution in [2.75, 3.05) is 0 Å². The Kier molecular flexibility index (Phi) is 6.06. The van der Waals surface area contributed by atoms with Crippen LogP contribution in [-0.2, 0) is 0 Å². The summed E-state index contributed by atoms with van der Waals surface area (Å²) in [5.41, 5.74) is -12.8. The SMILES string of the molecule is [2H]c1c([2H])c(C)c([2H])c(-c2c(C)c([2H])c3nc(-n4c5c([2H])c([2H])c([2H])c([2H])c5c5c([2H])c(-n6c7c([2H])c([2H])c([2H])c([2H])c7c7c([2H])c([2H])c([2H])c([2H])c76)c([2H])c([2H])c54)nc(-c4c([2H])c([2H])c5c([2H])c([2H])c([2H])c([2H])c5c4[2H])c3c2[2H])c1[2H].[2H]c1c([2H])c([2H])c(-c2c([2H])c([2H])c(-c3nc(-n4c5c([2H])c([2H])c([2H])c([2H])c5c5c([2H])c(-n6c7c([2H])c([2H])c([2H])c([2H])c7c7c([2H])c([2H])c([2H])c([2H])c76)c([2H])c([2H])c54)nc4c([2H])c(C)c([2H])c([2H])c34)c([2H])c2[2H])c([2H])c1[2H]. The minimum absolute atomic E-state index is 0.0857. The van der Waals surface area contributed by atoms with Gasteiger partial charge in [0, 0.05) is 76.4 Å². The van der Waals surface area contributed by atoms with Crippen LogP contribution < -0.4 is 0 Å². The number of hydrogen-bond donors (Lipinski definition) is 0. The van der Waals surface area contributed by atoms with E-state index in [1.54, 1.807) is 0 Å². The van der Waals surface area contributed by atoms with E-state index < -0.39 is 515 Å². The highest BCUT2D eigenvalue weighted by Gasteiger charge is 2.23. The van der Waals surface area contributed by atoms with E-state index in [-0.39, 0.29) is 22.3 Å². The van der Waals surface area contributed by atoms with Gasteiger partial charge in [0.1, 0.15) is 0 Å². The number of fused-ring (bicyclic) bond motifs is 15. The average molecular weight is 1370 g/mol. The molecule has 103 heavy (non-hydrogen) atoms. The van der Waals surface area contributed by atoms with Crippen LogP contribution >= 0.6 is 0 Å². The number of hydrogen-bond acceptors (Lipinski definition) is 4. The molecule has 0 saturated heterocycles. The van der Waals surface area contributed by atoms with Gasteiger partial charge in [-0.25, -0.2) is 19.9 Å². The molecule has 6 heterocycles. The highest BCUT2D eigenvalue weighted by Crippen LogP contribution is 2.42. The molecule has 0 amide bonds. The minimum Gasteiger partial charge on any atom is -0.309 e. The van der Waals surface area contributed by atoms with Gasteiger partial charge in [-0.1, -0.05) is 241 Å². The maximum Gasteiger partial charge on any atom is 0.235 e. The number of benzene rings is 15. The zero-order valence-electron chi connectivity index (χ0n) is 108. The van der Waals surface area contributed by atoms with Gasteiger partial charge in [-0.3, -0.25) is 9.13 Å². The molecular formula is C95H64N8. The van der Waals surface area contributed by atoms with Crippen molar-refractivity contribution >= 4 is 120 Å². The quantitative estimate of drug-likeness (QED) is 0.152. The summed E-state index contributed by atoms with van der Waals surface area (Å²) >= 11 is 0. The van der Waals surface area contributed by atoms with Crippen LogP contribution in [0.15, 0.2) is 332 Å². The van der Waals surface area contributed by atoms with E-state index >= 15 is 0 Å². The summed E-state index contributed by atoms with van der Waals surface area (Å²) in [4.78, 5) is 18.5. The van der Waals surface area contributed by atoms with Crippen molar-refractivity contribution in [3.05, 3.63) is 349 Å². The normalized spacial score (nSPS) is 19.3. The van der Waals surface area contributed by atoms with Crippen LogP contribution in [0.4, 0.5) is 0 Å². The van der Waals surface area contributed by atoms with Crippen molar-refractivity contribution in [2.24, 2.45) is 0 Å². The topological polar surface area (TPSA) is 71.3 Å². The van der Waals surface area contributed by atoms with Gasteiger partial charge in [0.25, 0.3) is 0 Å². The lowest BCUT2D eigenvalue weighted by atomic mass is 9.95. The zero-order valence-corrected chi connectivity index (χ0v) is 52.6. The smallest absolute Gasteiger partial charge is 0.235 e. The summed E-state index contributed by atoms with van der Waals surface area (Å²) in [5, 5.41) is -6.33. The first-order valence-electron chi connectivity index (χ1n) is 58.2. The third kappa shape index (κ3) is 9.82. The molecule has 0 fully saturated rings. The van der Waals surface area contributed by atoms with Crippen LogP contribution in [0, 0.1) is 20.8 Å². The van der Waals surface area contributed by atoms with Gasteiger partial charge in [0.2, 0.25) is 11.9 Å². The van der Waals surface area contributed by atoms with Crippen LogP contribution in [0.1, 0.15) is 92.1 Å². The summed E-state index contributed by atoms with van der Waals surface area (Å²) in [6.45, 7) is 3.93. The van der Waals surface area contributed by atoms with Gasteiger partial charge in [0.05, 0.1) is 142 Å². The first kappa shape index (κ1) is 26.2. The fourth-order valence-electron chi connectivity index (χ4n) is 12.3. The Morgan fingerprint density at radius 3 is 1.18 bits per heavy atom. The Hall–Kier alpha value is -13.6. The molecule has 0 aliphatic heterocycles. The van der Waals surface area contributed by atoms with Crippen LogP contribution in [0.3, 0.4) is 0 Å². The van der Waals surface area contributed by atoms with Crippen LogP contribution in [0.25, 0.3) is 188 Å². The molecule has 21 aromatic rings. The van der Waals surface area contributed by atoms with E-state index in [4.69, 9.17) is 55.7 Å². The highest BCUT2D eigenvalue weighted by atomic mass is 15.2. The van der Waals surface area contributed by atoms with Crippen molar-refractivity contribution < 1.29 is 75.4 Å². The van der Waals surface area contributed by atoms with Crippen LogP contribution in [0.2, 0.25) is 0 Å². The maximum absolute atomic E-state index is 10.0. The van der Waals surface area contributed by atoms with Gasteiger partial charge >= 0.3 is 0 Å². The standard InChI is InChI=1S/C50H34N4.C45H30N4/c1-31-12-11-15-35(26-31)41-30-43-44(27-32(41)2)51-50(52-49(43)36-23-22-33-13-3-4-14-34(33)28-36)54-47-21-10-7-18-40(47)42-29-37(24-25-48(42)54)53-45-19-8-5-16-38(45)39-17-6-9-20-46(39)53;1-29-19-25-37-39(27-29)46-45(47-44(37)32-22-20-31(21-23-32)30-11-3-2-4-12-30)49-42-18-10-7-15-36(42)38-28-33(24-26-43(38)49)48-40-16-8-5-13-34(40)35-14-6-9-17-41(35)48/h3-30H,1-2H3;2-28H,1H3/i3D,4D,5D,6D,7D,8D,9D,10D,11D,12D,13D,14D,15D,16D,17D,18D,19D,20D,21D,22D,23D,24D,25D,26D,27D,28D,29D,30D;2D,3D,4D,5D,6D,7D,8D,9D,10D,11D,12D,13D,14D,15D,16D,17D,18D,19D,20D,21D,22D,23D,24D,25D,26D,27D,28D. The van der Waals surface area contributed by atoms with Gasteiger partial charge in [-0.2, -0.15) is 0 Å². The number of aromatic nitrogens is 8. The Morgan fingerprint density at radius 2 is 0.641 bits per heavy atom. The molecule has 0 atom stereocenters.